The van der Waals surface area contributed by atoms with Crippen molar-refractivity contribution in [2.24, 2.45) is 0 Å². The van der Waals surface area contributed by atoms with E-state index in [-0.39, 0.29) is 22.4 Å². The predicted octanol–water partition coefficient (Wildman–Crippen LogP) is 8.21. The minimum Gasteiger partial charge on any atom is -0.512 e. The topological polar surface area (TPSA) is 37.3 Å². The van der Waals surface area contributed by atoms with Gasteiger partial charge in [0.2, 0.25) is 0 Å². The third-order valence-electron chi connectivity index (χ3n) is 7.81. The minimum absolute atomic E-state index is 0.0457. The molecule has 174 valence electrons. The summed E-state index contributed by atoms with van der Waals surface area (Å²) in [4.78, 5) is 12.4. The molecular weight excluding hydrogens is 404 g/mol. The van der Waals surface area contributed by atoms with Gasteiger partial charge in [0.05, 0.1) is 5.57 Å². The predicted molar refractivity (Wildman–Crippen MR) is 139 cm³/mol. The zero-order valence-corrected chi connectivity index (χ0v) is 21.4. The van der Waals surface area contributed by atoms with E-state index in [0.717, 1.165) is 17.5 Å². The van der Waals surface area contributed by atoms with E-state index in [9.17, 15) is 9.90 Å². The third-order valence-corrected chi connectivity index (χ3v) is 7.81. The first-order valence-electron chi connectivity index (χ1n) is 12.3. The van der Waals surface area contributed by atoms with Gasteiger partial charge < -0.3 is 5.11 Å². The van der Waals surface area contributed by atoms with Crippen molar-refractivity contribution < 1.29 is 9.90 Å². The van der Waals surface area contributed by atoms with E-state index in [1.54, 1.807) is 0 Å². The van der Waals surface area contributed by atoms with Crippen molar-refractivity contribution in [1.82, 2.24) is 0 Å². The van der Waals surface area contributed by atoms with E-state index >= 15 is 0 Å². The first-order valence-corrected chi connectivity index (χ1v) is 12.3. The molecule has 2 aliphatic carbocycles. The van der Waals surface area contributed by atoms with Crippen LogP contribution in [-0.4, -0.2) is 10.9 Å². The molecule has 0 saturated heterocycles. The molecule has 0 unspecified atom stereocenters. The number of ketones is 1. The Labute approximate surface area is 199 Å². The van der Waals surface area contributed by atoms with E-state index in [0.29, 0.717) is 18.4 Å². The lowest BCUT2D eigenvalue weighted by Crippen LogP contribution is -2.34. The number of Topliss-reactive ketones (excluding diaryl/α,β-unsaturated/α-hetero) is 1. The van der Waals surface area contributed by atoms with E-state index in [4.69, 9.17) is 0 Å². The summed E-state index contributed by atoms with van der Waals surface area (Å²) in [7, 11) is 0. The number of hydrogen-bond acceptors (Lipinski definition) is 2. The van der Waals surface area contributed by atoms with Gasteiger partial charge in [0, 0.05) is 12.8 Å². The molecule has 0 aliphatic heterocycles. The molecule has 4 rings (SSSR count). The second kappa shape index (κ2) is 8.31. The summed E-state index contributed by atoms with van der Waals surface area (Å²) in [5.74, 6) is 0.279. The van der Waals surface area contributed by atoms with Crippen molar-refractivity contribution in [1.29, 1.82) is 0 Å². The molecule has 0 saturated carbocycles. The lowest BCUT2D eigenvalue weighted by Gasteiger charge is -2.42. The van der Waals surface area contributed by atoms with Crippen molar-refractivity contribution in [2.75, 3.05) is 0 Å². The maximum absolute atomic E-state index is 12.4. The Kier molecular flexibility index (Phi) is 5.93. The third kappa shape index (κ3) is 4.21. The SMILES string of the molecule is CC(C)=C(c1ccc(C2=C(O)CCCC2=O)cc1)c1cc2c(cc1C)C(C)(C)CCC2(C)C. The van der Waals surface area contributed by atoms with Gasteiger partial charge in [-0.25, -0.2) is 0 Å². The van der Waals surface area contributed by atoms with Gasteiger partial charge >= 0.3 is 0 Å². The zero-order chi connectivity index (χ0) is 24.1. The van der Waals surface area contributed by atoms with Crippen LogP contribution in [-0.2, 0) is 15.6 Å². The summed E-state index contributed by atoms with van der Waals surface area (Å²) < 4.78 is 0. The summed E-state index contributed by atoms with van der Waals surface area (Å²) in [5, 5.41) is 10.3. The van der Waals surface area contributed by atoms with Gasteiger partial charge in [-0.2, -0.15) is 0 Å². The maximum atomic E-state index is 12.4. The largest absolute Gasteiger partial charge is 0.512 e. The number of allylic oxidation sites excluding steroid dienone is 3. The van der Waals surface area contributed by atoms with E-state index < -0.39 is 0 Å². The molecule has 0 amide bonds. The van der Waals surface area contributed by atoms with Crippen LogP contribution in [0.15, 0.2) is 47.7 Å². The van der Waals surface area contributed by atoms with Gasteiger partial charge in [0.25, 0.3) is 0 Å². The number of fused-ring (bicyclic) bond motifs is 1. The molecular formula is C31H38O2. The second-order valence-corrected chi connectivity index (χ2v) is 11.5. The van der Waals surface area contributed by atoms with Crippen LogP contribution in [0.1, 0.15) is 107 Å². The lowest BCUT2D eigenvalue weighted by molar-refractivity contribution is -0.114. The fourth-order valence-electron chi connectivity index (χ4n) is 5.66. The number of benzene rings is 2. The Balaban J connectivity index is 1.82. The maximum Gasteiger partial charge on any atom is 0.166 e. The van der Waals surface area contributed by atoms with Gasteiger partial charge in [-0.1, -0.05) is 69.7 Å². The smallest absolute Gasteiger partial charge is 0.166 e. The zero-order valence-electron chi connectivity index (χ0n) is 21.4. The van der Waals surface area contributed by atoms with Gasteiger partial charge in [-0.05, 0) is 89.8 Å². The van der Waals surface area contributed by atoms with Crippen LogP contribution in [0.4, 0.5) is 0 Å². The number of hydrogen-bond donors (Lipinski definition) is 1. The van der Waals surface area contributed by atoms with Crippen LogP contribution >= 0.6 is 0 Å². The van der Waals surface area contributed by atoms with Crippen LogP contribution in [0.25, 0.3) is 11.1 Å². The summed E-state index contributed by atoms with van der Waals surface area (Å²) in [6.45, 7) is 16.1. The van der Waals surface area contributed by atoms with Crippen molar-refractivity contribution >= 4 is 16.9 Å². The van der Waals surface area contributed by atoms with E-state index in [1.807, 2.05) is 12.1 Å². The van der Waals surface area contributed by atoms with Crippen molar-refractivity contribution in [3.63, 3.8) is 0 Å². The summed E-state index contributed by atoms with van der Waals surface area (Å²) in [5.41, 5.74) is 10.9. The summed E-state index contributed by atoms with van der Waals surface area (Å²) in [6.07, 6.45) is 4.24. The highest BCUT2D eigenvalue weighted by atomic mass is 16.3. The van der Waals surface area contributed by atoms with Gasteiger partial charge in [0.1, 0.15) is 5.76 Å². The molecule has 2 nitrogen and oxygen atoms in total. The number of carbonyl (C=O) groups excluding carboxylic acids is 1. The highest BCUT2D eigenvalue weighted by Gasteiger charge is 2.37. The van der Waals surface area contributed by atoms with Gasteiger partial charge in [-0.15, -0.1) is 0 Å². The molecule has 0 heterocycles. The average molecular weight is 443 g/mol. The second-order valence-electron chi connectivity index (χ2n) is 11.5. The number of carbonyl (C=O) groups is 1. The summed E-state index contributed by atoms with van der Waals surface area (Å²) in [6, 6.07) is 13.1. The minimum atomic E-state index is 0.0457. The highest BCUT2D eigenvalue weighted by molar-refractivity contribution is 6.21. The number of aliphatic hydroxyl groups excluding tert-OH is 1. The highest BCUT2D eigenvalue weighted by Crippen LogP contribution is 2.47. The molecule has 1 N–H and O–H groups in total. The van der Waals surface area contributed by atoms with Gasteiger partial charge in [-0.3, -0.25) is 4.79 Å². The molecule has 0 atom stereocenters. The molecule has 33 heavy (non-hydrogen) atoms. The number of aliphatic hydroxyl groups is 1. The molecule has 0 fully saturated rings. The number of aryl methyl sites for hydroxylation is 1. The molecule has 0 radical (unpaired) electrons. The Bertz CT molecular complexity index is 1170. The monoisotopic (exact) mass is 442 g/mol. The fourth-order valence-corrected chi connectivity index (χ4v) is 5.66. The molecule has 0 bridgehead atoms. The van der Waals surface area contributed by atoms with Crippen LogP contribution < -0.4 is 0 Å². The molecule has 2 aliphatic rings. The molecule has 2 aromatic carbocycles. The van der Waals surface area contributed by atoms with Crippen LogP contribution in [0.3, 0.4) is 0 Å². The van der Waals surface area contributed by atoms with Crippen molar-refractivity contribution in [2.45, 2.75) is 91.4 Å². The van der Waals surface area contributed by atoms with Crippen molar-refractivity contribution in [3.8, 4) is 0 Å². The van der Waals surface area contributed by atoms with Crippen LogP contribution in [0, 0.1) is 6.92 Å². The first kappa shape index (κ1) is 23.5. The van der Waals surface area contributed by atoms with Crippen LogP contribution in [0.5, 0.6) is 0 Å². The van der Waals surface area contributed by atoms with E-state index in [1.165, 1.54) is 46.2 Å². The molecule has 0 aromatic heterocycles. The molecule has 2 heteroatoms. The average Bonchev–Trinajstić information content (AvgIpc) is 2.73. The number of rotatable bonds is 3. The standard InChI is InChI=1S/C31H38O2/c1-19(2)28(21-11-13-22(14-12-21)29-26(32)9-8-10-27(29)33)23-18-25-24(17-20(23)3)30(4,5)15-16-31(25,6)7/h11-14,17-18,32H,8-10,15-16H2,1-7H3. The van der Waals surface area contributed by atoms with Crippen LogP contribution in [0.2, 0.25) is 0 Å². The molecule has 2 aromatic rings. The van der Waals surface area contributed by atoms with Crippen molar-refractivity contribution in [3.05, 3.63) is 81.1 Å². The normalized spacial score (nSPS) is 19.3. The summed E-state index contributed by atoms with van der Waals surface area (Å²) >= 11 is 0. The lowest BCUT2D eigenvalue weighted by atomic mass is 9.62. The fraction of sp³-hybridized carbons (Fsp3) is 0.452. The Hall–Kier alpha value is -2.61. The first-order chi connectivity index (χ1) is 15.4. The Morgan fingerprint density at radius 2 is 1.45 bits per heavy atom. The van der Waals surface area contributed by atoms with Gasteiger partial charge in [0.15, 0.2) is 5.78 Å². The Morgan fingerprint density at radius 3 is 2.00 bits per heavy atom. The Morgan fingerprint density at radius 1 is 0.879 bits per heavy atom. The van der Waals surface area contributed by atoms with E-state index in [2.05, 4.69) is 72.7 Å². The molecule has 0 spiro atoms. The quantitative estimate of drug-likeness (QED) is 0.520.